The van der Waals surface area contributed by atoms with Crippen LogP contribution in [-0.2, 0) is 19.6 Å². The van der Waals surface area contributed by atoms with Gasteiger partial charge < -0.3 is 4.57 Å². The molecule has 1 atom stereocenters. The lowest BCUT2D eigenvalue weighted by Gasteiger charge is -2.11. The summed E-state index contributed by atoms with van der Waals surface area (Å²) >= 11 is 0. The molecule has 0 spiro atoms. The van der Waals surface area contributed by atoms with Crippen molar-refractivity contribution in [3.8, 4) is 0 Å². The van der Waals surface area contributed by atoms with Crippen LogP contribution in [0.1, 0.15) is 58.1 Å². The Bertz CT molecular complexity index is 1290. The molecule has 0 aliphatic carbocycles. The van der Waals surface area contributed by atoms with Gasteiger partial charge in [-0.05, 0) is 30.7 Å². The number of nitrogens with zero attached hydrogens (tertiary/aromatic N) is 5. The van der Waals surface area contributed by atoms with Crippen LogP contribution >= 0.6 is 0 Å². The number of rotatable bonds is 6. The van der Waals surface area contributed by atoms with Crippen molar-refractivity contribution in [1.29, 1.82) is 0 Å². The third-order valence-electron chi connectivity index (χ3n) is 5.66. The number of carbonyl (C=O) groups is 1. The molecule has 0 N–H and O–H groups in total. The Balaban J connectivity index is 1.41. The first-order chi connectivity index (χ1) is 15.6. The summed E-state index contributed by atoms with van der Waals surface area (Å²) in [5.74, 6) is 0.575. The monoisotopic (exact) mass is 453 g/mol. The lowest BCUT2D eigenvalue weighted by Crippen LogP contribution is -2.09. The molecule has 4 rings (SSSR count). The van der Waals surface area contributed by atoms with E-state index in [1.54, 1.807) is 24.7 Å². The second-order valence-electron chi connectivity index (χ2n) is 8.11. The number of hydrogen-bond acceptors (Lipinski definition) is 5. The van der Waals surface area contributed by atoms with E-state index in [1.165, 1.54) is 12.1 Å². The van der Waals surface area contributed by atoms with Crippen molar-refractivity contribution in [1.82, 2.24) is 24.5 Å². The van der Waals surface area contributed by atoms with Gasteiger partial charge in [0.1, 0.15) is 17.0 Å². The van der Waals surface area contributed by atoms with Gasteiger partial charge in [-0.3, -0.25) is 19.7 Å². The number of aromatic nitrogens is 5. The van der Waals surface area contributed by atoms with E-state index >= 15 is 0 Å². The van der Waals surface area contributed by atoms with Crippen molar-refractivity contribution in [2.24, 2.45) is 7.05 Å². The molecule has 1 unspecified atom stereocenters. The SMILES string of the molecule is Cc1nc2cnc(C(=O)CC(C)c3cnc(Cc4ccc(C(F)(F)F)cc4)cn3)cc2n1C. The average molecular weight is 453 g/mol. The number of carbonyl (C=O) groups excluding carboxylic acids is 1. The molecule has 0 fully saturated rings. The number of ketones is 1. The van der Waals surface area contributed by atoms with Crippen LogP contribution in [0.2, 0.25) is 0 Å². The molecule has 0 radical (unpaired) electrons. The summed E-state index contributed by atoms with van der Waals surface area (Å²) in [7, 11) is 1.89. The minimum atomic E-state index is -4.36. The maximum absolute atomic E-state index is 12.8. The highest BCUT2D eigenvalue weighted by Crippen LogP contribution is 2.29. The first kappa shape index (κ1) is 22.6. The van der Waals surface area contributed by atoms with Crippen LogP contribution in [0.3, 0.4) is 0 Å². The van der Waals surface area contributed by atoms with Gasteiger partial charge in [0.15, 0.2) is 5.78 Å². The van der Waals surface area contributed by atoms with Gasteiger partial charge in [-0.1, -0.05) is 19.1 Å². The molecule has 0 amide bonds. The molecule has 3 aromatic heterocycles. The minimum Gasteiger partial charge on any atom is -0.331 e. The maximum Gasteiger partial charge on any atom is 0.416 e. The lowest BCUT2D eigenvalue weighted by atomic mass is 9.99. The summed E-state index contributed by atoms with van der Waals surface area (Å²) in [6.45, 7) is 3.79. The quantitative estimate of drug-likeness (QED) is 0.382. The largest absolute Gasteiger partial charge is 0.416 e. The predicted octanol–water partition coefficient (Wildman–Crippen LogP) is 5.05. The predicted molar refractivity (Wildman–Crippen MR) is 117 cm³/mol. The van der Waals surface area contributed by atoms with E-state index in [1.807, 2.05) is 25.5 Å². The summed E-state index contributed by atoms with van der Waals surface area (Å²) in [6, 6.07) is 6.75. The Kier molecular flexibility index (Phi) is 5.97. The van der Waals surface area contributed by atoms with Crippen LogP contribution in [0.4, 0.5) is 13.2 Å². The third kappa shape index (κ3) is 4.92. The van der Waals surface area contributed by atoms with Gasteiger partial charge in [0.05, 0.1) is 28.7 Å². The molecule has 0 aliphatic heterocycles. The molecule has 33 heavy (non-hydrogen) atoms. The highest BCUT2D eigenvalue weighted by atomic mass is 19.4. The standard InChI is InChI=1S/C24H22F3N5O/c1-14(8-23(33)19-10-22-21(13-30-19)31-15(2)32(22)3)20-12-28-18(11-29-20)9-16-4-6-17(7-5-16)24(25,26)27/h4-7,10-14H,8-9H2,1-3H3. The van der Waals surface area contributed by atoms with Crippen LogP contribution < -0.4 is 0 Å². The topological polar surface area (TPSA) is 73.6 Å². The average Bonchev–Trinajstić information content (AvgIpc) is 3.07. The zero-order valence-corrected chi connectivity index (χ0v) is 18.4. The van der Waals surface area contributed by atoms with Crippen LogP contribution in [0, 0.1) is 6.92 Å². The molecule has 6 nitrogen and oxygen atoms in total. The van der Waals surface area contributed by atoms with E-state index in [0.29, 0.717) is 29.1 Å². The van der Waals surface area contributed by atoms with E-state index in [2.05, 4.69) is 19.9 Å². The number of alkyl halides is 3. The van der Waals surface area contributed by atoms with Crippen molar-refractivity contribution < 1.29 is 18.0 Å². The Morgan fingerprint density at radius 2 is 1.79 bits per heavy atom. The molecule has 1 aromatic carbocycles. The Morgan fingerprint density at radius 1 is 1.06 bits per heavy atom. The number of Topliss-reactive ketones (excluding diaryl/α,β-unsaturated/α-hetero) is 1. The van der Waals surface area contributed by atoms with Crippen LogP contribution in [0.25, 0.3) is 11.0 Å². The van der Waals surface area contributed by atoms with E-state index in [9.17, 15) is 18.0 Å². The Labute approximate surface area is 188 Å². The molecule has 170 valence electrons. The van der Waals surface area contributed by atoms with E-state index < -0.39 is 11.7 Å². The van der Waals surface area contributed by atoms with Crippen LogP contribution in [0.15, 0.2) is 48.9 Å². The van der Waals surface area contributed by atoms with Gasteiger partial charge in [0.2, 0.25) is 0 Å². The highest BCUT2D eigenvalue weighted by molar-refractivity contribution is 5.97. The zero-order valence-electron chi connectivity index (χ0n) is 18.4. The third-order valence-corrected chi connectivity index (χ3v) is 5.66. The number of fused-ring (bicyclic) bond motifs is 1. The number of imidazole rings is 1. The summed E-state index contributed by atoms with van der Waals surface area (Å²) in [5, 5.41) is 0. The fourth-order valence-electron chi connectivity index (χ4n) is 3.59. The number of aryl methyl sites for hydroxylation is 2. The van der Waals surface area contributed by atoms with E-state index in [0.717, 1.165) is 29.0 Å². The van der Waals surface area contributed by atoms with Gasteiger partial charge in [0.25, 0.3) is 0 Å². The highest BCUT2D eigenvalue weighted by Gasteiger charge is 2.29. The van der Waals surface area contributed by atoms with E-state index in [4.69, 9.17) is 0 Å². The summed E-state index contributed by atoms with van der Waals surface area (Å²) in [5.41, 5.74) is 3.30. The molecule has 4 aromatic rings. The fourth-order valence-corrected chi connectivity index (χ4v) is 3.59. The van der Waals surface area contributed by atoms with Gasteiger partial charge in [0, 0.05) is 38.2 Å². The van der Waals surface area contributed by atoms with Crippen molar-refractivity contribution in [3.63, 3.8) is 0 Å². The Morgan fingerprint density at radius 3 is 2.42 bits per heavy atom. The first-order valence-electron chi connectivity index (χ1n) is 10.4. The summed E-state index contributed by atoms with van der Waals surface area (Å²) in [4.78, 5) is 30.2. The number of hydrogen-bond donors (Lipinski definition) is 0. The van der Waals surface area contributed by atoms with Gasteiger partial charge in [-0.2, -0.15) is 13.2 Å². The van der Waals surface area contributed by atoms with Crippen LogP contribution in [-0.4, -0.2) is 30.3 Å². The molecule has 0 saturated carbocycles. The van der Waals surface area contributed by atoms with Gasteiger partial charge >= 0.3 is 6.18 Å². The smallest absolute Gasteiger partial charge is 0.331 e. The van der Waals surface area contributed by atoms with Crippen molar-refractivity contribution >= 4 is 16.8 Å². The molecular weight excluding hydrogens is 431 g/mol. The van der Waals surface area contributed by atoms with Crippen molar-refractivity contribution in [3.05, 3.63) is 83.0 Å². The molecular formula is C24H22F3N5O. The molecule has 0 bridgehead atoms. The Hall–Kier alpha value is -3.62. The van der Waals surface area contributed by atoms with Gasteiger partial charge in [-0.25, -0.2) is 4.98 Å². The molecule has 0 aliphatic rings. The van der Waals surface area contributed by atoms with Crippen molar-refractivity contribution in [2.45, 2.75) is 38.8 Å². The van der Waals surface area contributed by atoms with Crippen LogP contribution in [0.5, 0.6) is 0 Å². The normalized spacial score (nSPS) is 12.8. The summed E-state index contributed by atoms with van der Waals surface area (Å²) < 4.78 is 40.0. The van der Waals surface area contributed by atoms with Crippen molar-refractivity contribution in [2.75, 3.05) is 0 Å². The lowest BCUT2D eigenvalue weighted by molar-refractivity contribution is -0.137. The summed E-state index contributed by atoms with van der Waals surface area (Å²) in [6.07, 6.45) is 1.05. The fraction of sp³-hybridized carbons (Fsp3) is 0.292. The second-order valence-corrected chi connectivity index (χ2v) is 8.11. The molecule has 3 heterocycles. The van der Waals surface area contributed by atoms with Gasteiger partial charge in [-0.15, -0.1) is 0 Å². The first-order valence-corrected chi connectivity index (χ1v) is 10.4. The number of halogens is 3. The second kappa shape index (κ2) is 8.73. The number of pyridine rings is 1. The van der Waals surface area contributed by atoms with E-state index in [-0.39, 0.29) is 18.1 Å². The minimum absolute atomic E-state index is 0.0983. The number of benzene rings is 1. The zero-order chi connectivity index (χ0) is 23.8. The molecule has 9 heteroatoms. The molecule has 0 saturated heterocycles. The maximum atomic E-state index is 12.8.